The highest BCUT2D eigenvalue weighted by atomic mass is 16.6. The maximum absolute atomic E-state index is 11.4. The molecule has 0 saturated carbocycles. The third-order valence-electron chi connectivity index (χ3n) is 3.37. The summed E-state index contributed by atoms with van der Waals surface area (Å²) in [5.41, 5.74) is 11.5. The van der Waals surface area contributed by atoms with Gasteiger partial charge in [0.1, 0.15) is 11.7 Å². The minimum absolute atomic E-state index is 0.112. The summed E-state index contributed by atoms with van der Waals surface area (Å²) in [6.07, 6.45) is 2.54. The van der Waals surface area contributed by atoms with Crippen molar-refractivity contribution in [2.24, 2.45) is 5.73 Å². The van der Waals surface area contributed by atoms with E-state index in [-0.39, 0.29) is 11.4 Å². The third-order valence-corrected chi connectivity index (χ3v) is 3.37. The fourth-order valence-corrected chi connectivity index (χ4v) is 2.41. The molecule has 1 aliphatic heterocycles. The van der Waals surface area contributed by atoms with Gasteiger partial charge in [0.2, 0.25) is 5.91 Å². The maximum Gasteiger partial charge on any atom is 0.294 e. The average molecular weight is 264 g/mol. The van der Waals surface area contributed by atoms with Gasteiger partial charge >= 0.3 is 0 Å². The van der Waals surface area contributed by atoms with E-state index in [1.54, 1.807) is 6.07 Å². The van der Waals surface area contributed by atoms with Gasteiger partial charge in [0, 0.05) is 18.3 Å². The lowest BCUT2D eigenvalue weighted by Crippen LogP contribution is -2.47. The van der Waals surface area contributed by atoms with Crippen LogP contribution < -0.4 is 16.4 Å². The molecule has 102 valence electrons. The number of nitrogen functional groups attached to an aromatic ring is 1. The van der Waals surface area contributed by atoms with E-state index in [9.17, 15) is 14.9 Å². The topological polar surface area (TPSA) is 115 Å². The number of nitro groups is 1. The fraction of sp³-hybridized carbons (Fsp3) is 0.417. The molecule has 4 N–H and O–H groups in total. The molecule has 0 radical (unpaired) electrons. The second-order valence-electron chi connectivity index (χ2n) is 4.61. The Kier molecular flexibility index (Phi) is 3.55. The molecule has 1 aliphatic rings. The van der Waals surface area contributed by atoms with E-state index in [1.807, 2.05) is 4.90 Å². The van der Waals surface area contributed by atoms with Crippen LogP contribution in [0.1, 0.15) is 19.3 Å². The number of piperidine rings is 1. The first-order valence-electron chi connectivity index (χ1n) is 6.10. The van der Waals surface area contributed by atoms with E-state index in [0.29, 0.717) is 18.7 Å². The number of hydrogen-bond acceptors (Lipinski definition) is 5. The number of nitrogens with zero attached hydrogens (tertiary/aromatic N) is 2. The Morgan fingerprint density at radius 3 is 2.79 bits per heavy atom. The number of primary amides is 1. The van der Waals surface area contributed by atoms with Gasteiger partial charge in [-0.25, -0.2) is 0 Å². The quantitative estimate of drug-likeness (QED) is 0.480. The second kappa shape index (κ2) is 5.13. The van der Waals surface area contributed by atoms with Crippen LogP contribution in [0, 0.1) is 10.1 Å². The van der Waals surface area contributed by atoms with Gasteiger partial charge < -0.3 is 16.4 Å². The molecule has 7 heteroatoms. The monoisotopic (exact) mass is 264 g/mol. The highest BCUT2D eigenvalue weighted by molar-refractivity contribution is 5.84. The van der Waals surface area contributed by atoms with Crippen molar-refractivity contribution in [2.75, 3.05) is 17.2 Å². The first-order chi connectivity index (χ1) is 9.00. The van der Waals surface area contributed by atoms with Crippen LogP contribution in [0.3, 0.4) is 0 Å². The first-order valence-corrected chi connectivity index (χ1v) is 6.10. The van der Waals surface area contributed by atoms with Crippen LogP contribution in [0.4, 0.5) is 17.1 Å². The number of carbonyl (C=O) groups excluding carboxylic acids is 1. The lowest BCUT2D eigenvalue weighted by atomic mass is 10.0. The summed E-state index contributed by atoms with van der Waals surface area (Å²) in [4.78, 5) is 23.6. The Morgan fingerprint density at radius 2 is 2.16 bits per heavy atom. The van der Waals surface area contributed by atoms with Crippen molar-refractivity contribution in [3.63, 3.8) is 0 Å². The smallest absolute Gasteiger partial charge is 0.294 e. The van der Waals surface area contributed by atoms with Crippen LogP contribution in [-0.4, -0.2) is 23.4 Å². The molecule has 1 heterocycles. The van der Waals surface area contributed by atoms with Gasteiger partial charge in [0.15, 0.2) is 0 Å². The van der Waals surface area contributed by atoms with Crippen LogP contribution in [0.2, 0.25) is 0 Å². The zero-order valence-electron chi connectivity index (χ0n) is 10.4. The number of nitro benzene ring substituents is 1. The number of benzene rings is 1. The lowest BCUT2D eigenvalue weighted by molar-refractivity contribution is -0.383. The summed E-state index contributed by atoms with van der Waals surface area (Å²) in [5, 5.41) is 10.9. The predicted molar refractivity (Wildman–Crippen MR) is 71.7 cm³/mol. The fourth-order valence-electron chi connectivity index (χ4n) is 2.41. The summed E-state index contributed by atoms with van der Waals surface area (Å²) in [5.74, 6) is -0.404. The summed E-state index contributed by atoms with van der Waals surface area (Å²) in [6, 6.07) is 4.16. The zero-order chi connectivity index (χ0) is 14.0. The maximum atomic E-state index is 11.4. The number of rotatable bonds is 3. The summed E-state index contributed by atoms with van der Waals surface area (Å²) in [7, 11) is 0. The Bertz CT molecular complexity index is 518. The minimum Gasteiger partial charge on any atom is -0.393 e. The van der Waals surface area contributed by atoms with E-state index >= 15 is 0 Å². The van der Waals surface area contributed by atoms with Gasteiger partial charge in [-0.2, -0.15) is 0 Å². The van der Waals surface area contributed by atoms with E-state index in [0.717, 1.165) is 12.8 Å². The average Bonchev–Trinajstić information content (AvgIpc) is 2.39. The molecule has 7 nitrogen and oxygen atoms in total. The van der Waals surface area contributed by atoms with Crippen LogP contribution in [0.5, 0.6) is 0 Å². The van der Waals surface area contributed by atoms with Gasteiger partial charge in [-0.3, -0.25) is 14.9 Å². The lowest BCUT2D eigenvalue weighted by Gasteiger charge is -2.35. The minimum atomic E-state index is -0.526. The molecule has 1 aromatic carbocycles. The molecule has 0 aliphatic carbocycles. The number of amides is 1. The summed E-state index contributed by atoms with van der Waals surface area (Å²) < 4.78 is 0. The van der Waals surface area contributed by atoms with Crippen molar-refractivity contribution < 1.29 is 9.72 Å². The van der Waals surface area contributed by atoms with Crippen molar-refractivity contribution in [1.29, 1.82) is 0 Å². The van der Waals surface area contributed by atoms with Gasteiger partial charge in [-0.15, -0.1) is 0 Å². The predicted octanol–water partition coefficient (Wildman–Crippen LogP) is 1.02. The molecule has 19 heavy (non-hydrogen) atoms. The first kappa shape index (κ1) is 13.1. The van der Waals surface area contributed by atoms with Gasteiger partial charge in [-0.1, -0.05) is 0 Å². The Hall–Kier alpha value is -2.31. The number of nitrogens with two attached hydrogens (primary N) is 2. The van der Waals surface area contributed by atoms with Crippen molar-refractivity contribution >= 4 is 23.0 Å². The zero-order valence-corrected chi connectivity index (χ0v) is 10.4. The van der Waals surface area contributed by atoms with Crippen LogP contribution in [0.15, 0.2) is 18.2 Å². The molecule has 0 spiro atoms. The molecule has 1 aromatic rings. The van der Waals surface area contributed by atoms with Crippen molar-refractivity contribution in [3.05, 3.63) is 28.3 Å². The third kappa shape index (κ3) is 2.59. The molecule has 0 bridgehead atoms. The van der Waals surface area contributed by atoms with Gasteiger partial charge in [-0.05, 0) is 31.4 Å². The second-order valence-corrected chi connectivity index (χ2v) is 4.61. The van der Waals surface area contributed by atoms with E-state index in [1.165, 1.54) is 12.1 Å². The number of carbonyl (C=O) groups is 1. The molecule has 1 atom stereocenters. The van der Waals surface area contributed by atoms with Crippen LogP contribution >= 0.6 is 0 Å². The molecule has 1 saturated heterocycles. The van der Waals surface area contributed by atoms with Crippen LogP contribution in [-0.2, 0) is 4.79 Å². The van der Waals surface area contributed by atoms with E-state index in [2.05, 4.69) is 0 Å². The Morgan fingerprint density at radius 1 is 1.42 bits per heavy atom. The summed E-state index contributed by atoms with van der Waals surface area (Å²) >= 11 is 0. The molecular formula is C12H16N4O3. The van der Waals surface area contributed by atoms with Gasteiger partial charge in [0.05, 0.1) is 4.92 Å². The van der Waals surface area contributed by atoms with Gasteiger partial charge in [0.25, 0.3) is 5.69 Å². The van der Waals surface area contributed by atoms with E-state index in [4.69, 9.17) is 11.5 Å². The summed E-state index contributed by atoms with van der Waals surface area (Å²) in [6.45, 7) is 0.661. The standard InChI is InChI=1S/C12H16N4O3/c13-9-5-4-8(7-11(9)16(18)19)15-6-2-1-3-10(15)12(14)17/h4-5,7,10H,1-3,6,13H2,(H2,14,17)/t10-/m1/s1. The number of hydrogen-bond donors (Lipinski definition) is 2. The highest BCUT2D eigenvalue weighted by Crippen LogP contribution is 2.31. The molecule has 1 fully saturated rings. The highest BCUT2D eigenvalue weighted by Gasteiger charge is 2.28. The Labute approximate surface area is 110 Å². The van der Waals surface area contributed by atoms with Crippen LogP contribution in [0.25, 0.3) is 0 Å². The molecular weight excluding hydrogens is 248 g/mol. The van der Waals surface area contributed by atoms with E-state index < -0.39 is 16.9 Å². The molecule has 2 rings (SSSR count). The largest absolute Gasteiger partial charge is 0.393 e. The van der Waals surface area contributed by atoms with Crippen molar-refractivity contribution in [3.8, 4) is 0 Å². The molecule has 1 amide bonds. The van der Waals surface area contributed by atoms with Crippen molar-refractivity contribution in [1.82, 2.24) is 0 Å². The molecule has 0 unspecified atom stereocenters. The van der Waals surface area contributed by atoms with Crippen molar-refractivity contribution in [2.45, 2.75) is 25.3 Å². The molecule has 0 aromatic heterocycles. The Balaban J connectivity index is 2.36. The normalized spacial score (nSPS) is 19.2. The number of anilines is 2. The SMILES string of the molecule is NC(=O)[C@H]1CCCCN1c1ccc(N)c([N+](=O)[O-])c1.